The number of hydrogen-bond donors (Lipinski definition) is 2. The summed E-state index contributed by atoms with van der Waals surface area (Å²) >= 11 is 5.97. The van der Waals surface area contributed by atoms with Gasteiger partial charge in [-0.15, -0.1) is 0 Å². The zero-order valence-electron chi connectivity index (χ0n) is 17.0. The molecule has 154 valence electrons. The zero-order valence-corrected chi connectivity index (χ0v) is 17.8. The summed E-state index contributed by atoms with van der Waals surface area (Å²) in [6.07, 6.45) is 2.51. The van der Waals surface area contributed by atoms with Gasteiger partial charge in [-0.3, -0.25) is 14.5 Å². The van der Waals surface area contributed by atoms with Crippen LogP contribution in [0.1, 0.15) is 36.5 Å². The van der Waals surface area contributed by atoms with Gasteiger partial charge >= 0.3 is 11.8 Å². The molecule has 1 atom stereocenters. The molecule has 0 aromatic heterocycles. The fraction of sp³-hybridized carbons (Fsp3) is 0.391. The van der Waals surface area contributed by atoms with Crippen LogP contribution >= 0.6 is 11.6 Å². The van der Waals surface area contributed by atoms with Gasteiger partial charge in [0.15, 0.2) is 0 Å². The fourth-order valence-electron chi connectivity index (χ4n) is 3.72. The first-order valence-electron chi connectivity index (χ1n) is 10.1. The summed E-state index contributed by atoms with van der Waals surface area (Å²) in [5.74, 6) is -0.641. The number of benzene rings is 2. The van der Waals surface area contributed by atoms with Crippen molar-refractivity contribution >= 4 is 29.1 Å². The monoisotopic (exact) mass is 413 g/mol. The van der Waals surface area contributed by atoms with E-state index in [4.69, 9.17) is 11.6 Å². The SMILES string of the molecule is Cc1ccc(Cl)cc1NC(=O)C(=O)NCc1ccccc1CN1CCCC(C)C1. The summed E-state index contributed by atoms with van der Waals surface area (Å²) < 4.78 is 0. The van der Waals surface area contributed by atoms with Crippen LogP contribution in [0.4, 0.5) is 5.69 Å². The van der Waals surface area contributed by atoms with Crippen molar-refractivity contribution in [1.29, 1.82) is 0 Å². The van der Waals surface area contributed by atoms with Crippen molar-refractivity contribution in [2.45, 2.75) is 39.8 Å². The minimum atomic E-state index is -0.697. The predicted molar refractivity (Wildman–Crippen MR) is 117 cm³/mol. The number of anilines is 1. The first-order valence-corrected chi connectivity index (χ1v) is 10.4. The van der Waals surface area contributed by atoms with Gasteiger partial charge in [-0.25, -0.2) is 0 Å². The molecule has 2 amide bonds. The van der Waals surface area contributed by atoms with Crippen LogP contribution in [0.2, 0.25) is 5.02 Å². The minimum Gasteiger partial charge on any atom is -0.344 e. The molecule has 6 heteroatoms. The molecule has 1 heterocycles. The van der Waals surface area contributed by atoms with Crippen molar-refractivity contribution in [3.05, 3.63) is 64.2 Å². The lowest BCUT2D eigenvalue weighted by Gasteiger charge is -2.31. The second kappa shape index (κ2) is 9.90. The van der Waals surface area contributed by atoms with E-state index in [-0.39, 0.29) is 0 Å². The summed E-state index contributed by atoms with van der Waals surface area (Å²) in [4.78, 5) is 27.0. The van der Waals surface area contributed by atoms with E-state index in [1.807, 2.05) is 25.1 Å². The van der Waals surface area contributed by atoms with Crippen molar-refractivity contribution in [3.8, 4) is 0 Å². The molecule has 29 heavy (non-hydrogen) atoms. The van der Waals surface area contributed by atoms with Crippen LogP contribution in [0.25, 0.3) is 0 Å². The number of nitrogens with zero attached hydrogens (tertiary/aromatic N) is 1. The summed E-state index contributed by atoms with van der Waals surface area (Å²) in [5.41, 5.74) is 3.60. The van der Waals surface area contributed by atoms with E-state index in [9.17, 15) is 9.59 Å². The van der Waals surface area contributed by atoms with Crippen LogP contribution in [-0.4, -0.2) is 29.8 Å². The normalized spacial score (nSPS) is 17.0. The van der Waals surface area contributed by atoms with Gasteiger partial charge in [0.1, 0.15) is 0 Å². The van der Waals surface area contributed by atoms with Gasteiger partial charge in [0.2, 0.25) is 0 Å². The number of likely N-dealkylation sites (tertiary alicyclic amines) is 1. The van der Waals surface area contributed by atoms with Crippen LogP contribution in [0, 0.1) is 12.8 Å². The Balaban J connectivity index is 1.58. The number of rotatable bonds is 5. The molecule has 1 aliphatic heterocycles. The number of carbonyl (C=O) groups is 2. The topological polar surface area (TPSA) is 61.4 Å². The highest BCUT2D eigenvalue weighted by Gasteiger charge is 2.18. The molecule has 2 aromatic rings. The number of amides is 2. The Morgan fingerprint density at radius 1 is 1.14 bits per heavy atom. The van der Waals surface area contributed by atoms with E-state index in [0.29, 0.717) is 23.2 Å². The van der Waals surface area contributed by atoms with E-state index < -0.39 is 11.8 Å². The lowest BCUT2D eigenvalue weighted by atomic mass is 9.99. The van der Waals surface area contributed by atoms with E-state index in [1.54, 1.807) is 18.2 Å². The van der Waals surface area contributed by atoms with Crippen molar-refractivity contribution in [1.82, 2.24) is 10.2 Å². The number of piperidine rings is 1. The van der Waals surface area contributed by atoms with Gasteiger partial charge in [0, 0.05) is 30.3 Å². The van der Waals surface area contributed by atoms with Crippen molar-refractivity contribution in [3.63, 3.8) is 0 Å². The van der Waals surface area contributed by atoms with E-state index >= 15 is 0 Å². The molecule has 0 saturated carbocycles. The first-order chi connectivity index (χ1) is 13.9. The third-order valence-corrected chi connectivity index (χ3v) is 5.58. The molecule has 3 rings (SSSR count). The summed E-state index contributed by atoms with van der Waals surface area (Å²) in [6, 6.07) is 13.2. The van der Waals surface area contributed by atoms with Crippen LogP contribution in [0.15, 0.2) is 42.5 Å². The van der Waals surface area contributed by atoms with Gasteiger partial charge in [-0.05, 0) is 61.1 Å². The second-order valence-corrected chi connectivity index (χ2v) is 8.28. The predicted octanol–water partition coefficient (Wildman–Crippen LogP) is 4.14. The van der Waals surface area contributed by atoms with Gasteiger partial charge in [-0.2, -0.15) is 0 Å². The lowest BCUT2D eigenvalue weighted by Crippen LogP contribution is -2.36. The maximum Gasteiger partial charge on any atom is 0.313 e. The van der Waals surface area contributed by atoms with Crippen molar-refractivity contribution in [2.75, 3.05) is 18.4 Å². The molecule has 1 saturated heterocycles. The number of carbonyl (C=O) groups excluding carboxylic acids is 2. The number of halogens is 1. The third kappa shape index (κ3) is 6.05. The average Bonchev–Trinajstić information content (AvgIpc) is 2.70. The molecule has 1 fully saturated rings. The molecule has 0 aliphatic carbocycles. The van der Waals surface area contributed by atoms with Crippen molar-refractivity contribution in [2.24, 2.45) is 5.92 Å². The van der Waals surface area contributed by atoms with Gasteiger partial charge in [-0.1, -0.05) is 48.9 Å². The molecule has 0 spiro atoms. The molecular weight excluding hydrogens is 386 g/mol. The highest BCUT2D eigenvalue weighted by molar-refractivity contribution is 6.40. The fourth-order valence-corrected chi connectivity index (χ4v) is 3.89. The third-order valence-electron chi connectivity index (χ3n) is 5.35. The Labute approximate surface area is 177 Å². The Hall–Kier alpha value is -2.37. The molecule has 2 aromatic carbocycles. The lowest BCUT2D eigenvalue weighted by molar-refractivity contribution is -0.136. The molecule has 0 bridgehead atoms. The molecule has 5 nitrogen and oxygen atoms in total. The maximum atomic E-state index is 12.3. The molecule has 0 radical (unpaired) electrons. The van der Waals surface area contributed by atoms with E-state index in [1.165, 1.54) is 18.4 Å². The number of aryl methyl sites for hydroxylation is 1. The molecule has 2 N–H and O–H groups in total. The van der Waals surface area contributed by atoms with Crippen LogP contribution < -0.4 is 10.6 Å². The molecule has 1 unspecified atom stereocenters. The smallest absolute Gasteiger partial charge is 0.313 e. The molecular formula is C23H28ClN3O2. The van der Waals surface area contributed by atoms with Gasteiger partial charge < -0.3 is 10.6 Å². The number of hydrogen-bond acceptors (Lipinski definition) is 3. The average molecular weight is 414 g/mol. The van der Waals surface area contributed by atoms with Crippen LogP contribution in [0.5, 0.6) is 0 Å². The summed E-state index contributed by atoms with van der Waals surface area (Å²) in [6.45, 7) is 7.53. The highest BCUT2D eigenvalue weighted by atomic mass is 35.5. The maximum absolute atomic E-state index is 12.3. The van der Waals surface area contributed by atoms with Gasteiger partial charge in [0.25, 0.3) is 0 Å². The van der Waals surface area contributed by atoms with Crippen LogP contribution in [0.3, 0.4) is 0 Å². The summed E-state index contributed by atoms with van der Waals surface area (Å²) in [5, 5.41) is 5.87. The van der Waals surface area contributed by atoms with E-state index in [2.05, 4.69) is 28.5 Å². The van der Waals surface area contributed by atoms with E-state index in [0.717, 1.165) is 30.8 Å². The van der Waals surface area contributed by atoms with Crippen molar-refractivity contribution < 1.29 is 9.59 Å². The largest absolute Gasteiger partial charge is 0.344 e. The highest BCUT2D eigenvalue weighted by Crippen LogP contribution is 2.21. The Bertz CT molecular complexity index is 884. The Kier molecular flexibility index (Phi) is 7.29. The summed E-state index contributed by atoms with van der Waals surface area (Å²) in [7, 11) is 0. The Morgan fingerprint density at radius 3 is 2.66 bits per heavy atom. The first kappa shape index (κ1) is 21.3. The zero-order chi connectivity index (χ0) is 20.8. The number of nitrogens with one attached hydrogen (secondary N) is 2. The quantitative estimate of drug-likeness (QED) is 0.724. The minimum absolute atomic E-state index is 0.320. The second-order valence-electron chi connectivity index (χ2n) is 7.85. The Morgan fingerprint density at radius 2 is 1.90 bits per heavy atom. The standard InChI is InChI=1S/C23H28ClN3O2/c1-16-6-5-11-27(14-16)15-19-8-4-3-7-18(19)13-25-22(28)23(29)26-21-12-20(24)10-9-17(21)2/h3-4,7-10,12,16H,5-6,11,13-15H2,1-2H3,(H,25,28)(H,26,29). The molecule has 1 aliphatic rings. The van der Waals surface area contributed by atoms with Crippen LogP contribution in [-0.2, 0) is 22.7 Å². The van der Waals surface area contributed by atoms with Gasteiger partial charge in [0.05, 0.1) is 0 Å².